The molecule has 2 rings (SSSR count). The molecule has 1 aliphatic heterocycles. The van der Waals surface area contributed by atoms with Crippen molar-refractivity contribution in [3.8, 4) is 5.75 Å². The van der Waals surface area contributed by atoms with Crippen LogP contribution in [0.3, 0.4) is 0 Å². The molecule has 0 spiro atoms. The molecule has 0 fully saturated rings. The summed E-state index contributed by atoms with van der Waals surface area (Å²) in [7, 11) is 0. The van der Waals surface area contributed by atoms with Crippen LogP contribution < -0.4 is 4.74 Å². The van der Waals surface area contributed by atoms with Crippen molar-refractivity contribution in [3.05, 3.63) is 35.4 Å². The Morgan fingerprint density at radius 3 is 2.83 bits per heavy atom. The number of fused-ring (bicyclic) bond motifs is 1. The van der Waals surface area contributed by atoms with Crippen LogP contribution in [0.4, 0.5) is 0 Å². The van der Waals surface area contributed by atoms with Crippen LogP contribution >= 0.6 is 0 Å². The molecule has 1 heterocycles. The van der Waals surface area contributed by atoms with Gasteiger partial charge in [-0.3, -0.25) is 0 Å². The second kappa shape index (κ2) is 4.48. The van der Waals surface area contributed by atoms with E-state index < -0.39 is 5.97 Å². The van der Waals surface area contributed by atoms with Gasteiger partial charge >= 0.3 is 5.97 Å². The maximum Gasteiger partial charge on any atom is 0.328 e. The number of rotatable bonds is 2. The van der Waals surface area contributed by atoms with Crippen LogP contribution in [0.5, 0.6) is 5.75 Å². The van der Waals surface area contributed by atoms with Crippen LogP contribution in [0, 0.1) is 0 Å². The van der Waals surface area contributed by atoms with Crippen molar-refractivity contribution in [2.45, 2.75) is 32.6 Å². The Morgan fingerprint density at radius 2 is 2.17 bits per heavy atom. The van der Waals surface area contributed by atoms with Gasteiger partial charge in [-0.15, -0.1) is 0 Å². The van der Waals surface area contributed by atoms with Gasteiger partial charge in [-0.2, -0.15) is 0 Å². The van der Waals surface area contributed by atoms with Gasteiger partial charge in [-0.1, -0.05) is 19.9 Å². The number of carboxylic acids is 1. The van der Waals surface area contributed by atoms with Crippen molar-refractivity contribution >= 4 is 11.5 Å². The van der Waals surface area contributed by atoms with Gasteiger partial charge < -0.3 is 9.84 Å². The van der Waals surface area contributed by atoms with Crippen LogP contribution in [-0.4, -0.2) is 17.7 Å². The SMILES string of the molecule is C/C(=C\C(=O)O)c1ccc2c(c1)C(C)(C)CCO2. The monoisotopic (exact) mass is 246 g/mol. The number of hydrogen-bond acceptors (Lipinski definition) is 2. The van der Waals surface area contributed by atoms with Crippen LogP contribution in [0.1, 0.15) is 38.3 Å². The average Bonchev–Trinajstić information content (AvgIpc) is 2.27. The first-order valence-electron chi connectivity index (χ1n) is 6.09. The minimum Gasteiger partial charge on any atom is -0.493 e. The molecule has 1 aliphatic rings. The lowest BCUT2D eigenvalue weighted by atomic mass is 9.79. The molecule has 0 aliphatic carbocycles. The molecule has 18 heavy (non-hydrogen) atoms. The summed E-state index contributed by atoms with van der Waals surface area (Å²) in [5.41, 5.74) is 2.93. The van der Waals surface area contributed by atoms with Gasteiger partial charge in [0.1, 0.15) is 5.75 Å². The lowest BCUT2D eigenvalue weighted by Crippen LogP contribution is -2.26. The number of hydrogen-bond donors (Lipinski definition) is 1. The maximum atomic E-state index is 10.7. The van der Waals surface area contributed by atoms with Crippen molar-refractivity contribution in [2.24, 2.45) is 0 Å². The lowest BCUT2D eigenvalue weighted by Gasteiger charge is -2.32. The van der Waals surface area contributed by atoms with E-state index in [2.05, 4.69) is 13.8 Å². The van der Waals surface area contributed by atoms with E-state index in [0.29, 0.717) is 0 Å². The zero-order valence-corrected chi connectivity index (χ0v) is 11.0. The lowest BCUT2D eigenvalue weighted by molar-refractivity contribution is -0.131. The summed E-state index contributed by atoms with van der Waals surface area (Å²) >= 11 is 0. The van der Waals surface area contributed by atoms with E-state index in [1.807, 2.05) is 25.1 Å². The predicted molar refractivity (Wildman–Crippen MR) is 70.9 cm³/mol. The van der Waals surface area contributed by atoms with Crippen molar-refractivity contribution in [1.29, 1.82) is 0 Å². The Morgan fingerprint density at radius 1 is 1.44 bits per heavy atom. The van der Waals surface area contributed by atoms with Crippen molar-refractivity contribution in [1.82, 2.24) is 0 Å². The van der Waals surface area contributed by atoms with Crippen molar-refractivity contribution in [3.63, 3.8) is 0 Å². The van der Waals surface area contributed by atoms with Gasteiger partial charge in [0.15, 0.2) is 0 Å². The fraction of sp³-hybridized carbons (Fsp3) is 0.400. The summed E-state index contributed by atoms with van der Waals surface area (Å²) in [5, 5.41) is 8.79. The molecule has 1 aromatic rings. The summed E-state index contributed by atoms with van der Waals surface area (Å²) in [6, 6.07) is 5.89. The first-order chi connectivity index (χ1) is 8.40. The molecule has 0 unspecified atom stereocenters. The van der Waals surface area contributed by atoms with Crippen LogP contribution in [-0.2, 0) is 10.2 Å². The number of allylic oxidation sites excluding steroid dienone is 1. The zero-order valence-electron chi connectivity index (χ0n) is 11.0. The molecular formula is C15H18O3. The van der Waals surface area contributed by atoms with Crippen LogP contribution in [0.2, 0.25) is 0 Å². The van der Waals surface area contributed by atoms with E-state index >= 15 is 0 Å². The van der Waals surface area contributed by atoms with E-state index in [1.165, 1.54) is 6.08 Å². The highest BCUT2D eigenvalue weighted by molar-refractivity contribution is 5.89. The molecule has 1 N–H and O–H groups in total. The van der Waals surface area contributed by atoms with E-state index in [9.17, 15) is 4.79 Å². The Hall–Kier alpha value is -1.77. The maximum absolute atomic E-state index is 10.7. The molecule has 3 nitrogen and oxygen atoms in total. The summed E-state index contributed by atoms with van der Waals surface area (Å²) in [5.74, 6) is -0.00106. The highest BCUT2D eigenvalue weighted by atomic mass is 16.5. The summed E-state index contributed by atoms with van der Waals surface area (Å²) in [4.78, 5) is 10.7. The third-order valence-corrected chi connectivity index (χ3v) is 3.49. The first kappa shape index (κ1) is 12.7. The molecule has 0 bridgehead atoms. The minimum atomic E-state index is -0.916. The number of ether oxygens (including phenoxy) is 1. The van der Waals surface area contributed by atoms with Gasteiger partial charge in [0.2, 0.25) is 0 Å². The van der Waals surface area contributed by atoms with E-state index in [4.69, 9.17) is 9.84 Å². The molecule has 1 aromatic carbocycles. The molecule has 0 radical (unpaired) electrons. The quantitative estimate of drug-likeness (QED) is 0.815. The van der Waals surface area contributed by atoms with Gasteiger partial charge in [0.25, 0.3) is 0 Å². The average molecular weight is 246 g/mol. The van der Waals surface area contributed by atoms with Crippen molar-refractivity contribution in [2.75, 3.05) is 6.61 Å². The molecule has 0 amide bonds. The minimum absolute atomic E-state index is 0.0765. The van der Waals surface area contributed by atoms with Gasteiger partial charge in [0.05, 0.1) is 6.61 Å². The fourth-order valence-corrected chi connectivity index (χ4v) is 2.25. The molecule has 0 saturated heterocycles. The Balaban J connectivity index is 2.46. The summed E-state index contributed by atoms with van der Waals surface area (Å²) in [6.45, 7) is 6.93. The highest BCUT2D eigenvalue weighted by Crippen LogP contribution is 2.39. The Bertz CT molecular complexity index is 512. The van der Waals surface area contributed by atoms with Crippen LogP contribution in [0.25, 0.3) is 5.57 Å². The van der Waals surface area contributed by atoms with Crippen LogP contribution in [0.15, 0.2) is 24.3 Å². The smallest absolute Gasteiger partial charge is 0.328 e. The standard InChI is InChI=1S/C15H18O3/c1-10(8-14(16)17)11-4-5-13-12(9-11)15(2,3)6-7-18-13/h4-5,8-9H,6-7H2,1-3H3,(H,16,17)/b10-8+. The Labute approximate surface area is 107 Å². The first-order valence-corrected chi connectivity index (χ1v) is 6.09. The number of carboxylic acid groups (broad SMARTS) is 1. The molecule has 0 atom stereocenters. The van der Waals surface area contributed by atoms with Gasteiger partial charge in [0, 0.05) is 11.6 Å². The number of aliphatic carboxylic acids is 1. The Kier molecular flexibility index (Phi) is 3.16. The molecule has 3 heteroatoms. The predicted octanol–water partition coefficient (Wildman–Crippen LogP) is 3.23. The third kappa shape index (κ3) is 2.40. The zero-order chi connectivity index (χ0) is 13.3. The fourth-order valence-electron chi connectivity index (χ4n) is 2.25. The van der Waals surface area contributed by atoms with Gasteiger partial charge in [-0.05, 0) is 42.0 Å². The van der Waals surface area contributed by atoms with E-state index in [-0.39, 0.29) is 5.41 Å². The molecule has 96 valence electrons. The number of benzene rings is 1. The van der Waals surface area contributed by atoms with E-state index in [0.717, 1.165) is 35.5 Å². The molecular weight excluding hydrogens is 228 g/mol. The van der Waals surface area contributed by atoms with E-state index in [1.54, 1.807) is 0 Å². The number of carbonyl (C=O) groups is 1. The van der Waals surface area contributed by atoms with Gasteiger partial charge in [-0.25, -0.2) is 4.79 Å². The molecule has 0 aromatic heterocycles. The largest absolute Gasteiger partial charge is 0.493 e. The second-order valence-corrected chi connectivity index (χ2v) is 5.36. The third-order valence-electron chi connectivity index (χ3n) is 3.49. The highest BCUT2D eigenvalue weighted by Gasteiger charge is 2.28. The van der Waals surface area contributed by atoms with Crippen molar-refractivity contribution < 1.29 is 14.6 Å². The normalized spacial score (nSPS) is 17.8. The topological polar surface area (TPSA) is 46.5 Å². The summed E-state index contributed by atoms with van der Waals surface area (Å²) < 4.78 is 5.64. The molecule has 0 saturated carbocycles. The summed E-state index contributed by atoms with van der Waals surface area (Å²) in [6.07, 6.45) is 2.21. The second-order valence-electron chi connectivity index (χ2n) is 5.36.